The summed E-state index contributed by atoms with van der Waals surface area (Å²) in [5.41, 5.74) is 2.65. The zero-order chi connectivity index (χ0) is 17.7. The van der Waals surface area contributed by atoms with Gasteiger partial charge in [0.05, 0.1) is 16.8 Å². The topological polar surface area (TPSA) is 58.6 Å². The summed E-state index contributed by atoms with van der Waals surface area (Å²) in [6.45, 7) is 6.96. The highest BCUT2D eigenvalue weighted by atomic mass is 35.5. The molecule has 0 bridgehead atoms. The molecule has 132 valence electrons. The Morgan fingerprint density at radius 3 is 2.71 bits per heavy atom. The Hall–Kier alpha value is -1.59. The van der Waals surface area contributed by atoms with Gasteiger partial charge in [-0.2, -0.15) is 0 Å². The average molecular weight is 353 g/mol. The minimum atomic E-state index is -0.129. The Morgan fingerprint density at radius 1 is 1.38 bits per heavy atom. The fourth-order valence-electron chi connectivity index (χ4n) is 3.01. The Labute approximate surface area is 148 Å². The molecule has 24 heavy (non-hydrogen) atoms. The van der Waals surface area contributed by atoms with Crippen LogP contribution in [0.25, 0.3) is 0 Å². The van der Waals surface area contributed by atoms with Crippen LogP contribution >= 0.6 is 11.6 Å². The van der Waals surface area contributed by atoms with Crippen LogP contribution in [0.15, 0.2) is 12.1 Å². The van der Waals surface area contributed by atoms with Crippen LogP contribution in [0, 0.1) is 13.8 Å². The van der Waals surface area contributed by atoms with Crippen LogP contribution in [0.2, 0.25) is 5.02 Å². The van der Waals surface area contributed by atoms with Crippen molar-refractivity contribution in [3.05, 3.63) is 28.3 Å². The third-order valence-electron chi connectivity index (χ3n) is 4.16. The van der Waals surface area contributed by atoms with Gasteiger partial charge in [0.15, 0.2) is 0 Å². The number of ether oxygens (including phenoxy) is 1. The SMILES string of the molecule is CC(=O)N(CCC(=O)NCC1CCCO1)c1c(C)cc(C)cc1Cl. The number of nitrogens with one attached hydrogen (secondary N) is 1. The average Bonchev–Trinajstić information content (AvgIpc) is 3.00. The van der Waals surface area contributed by atoms with E-state index in [-0.39, 0.29) is 24.3 Å². The molecule has 1 unspecified atom stereocenters. The van der Waals surface area contributed by atoms with E-state index in [9.17, 15) is 9.59 Å². The number of hydrogen-bond donors (Lipinski definition) is 1. The number of aryl methyl sites for hydroxylation is 2. The van der Waals surface area contributed by atoms with Gasteiger partial charge in [-0.25, -0.2) is 0 Å². The predicted octanol–water partition coefficient (Wildman–Crippen LogP) is 3.00. The van der Waals surface area contributed by atoms with Crippen LogP contribution in [0.3, 0.4) is 0 Å². The van der Waals surface area contributed by atoms with Crippen LogP contribution in [-0.4, -0.2) is 37.6 Å². The van der Waals surface area contributed by atoms with E-state index in [2.05, 4.69) is 5.32 Å². The van der Waals surface area contributed by atoms with Gasteiger partial charge < -0.3 is 15.0 Å². The summed E-state index contributed by atoms with van der Waals surface area (Å²) in [5.74, 6) is -0.214. The number of anilines is 1. The van der Waals surface area contributed by atoms with Crippen molar-refractivity contribution in [3.8, 4) is 0 Å². The number of carbonyl (C=O) groups is 2. The Morgan fingerprint density at radius 2 is 2.12 bits per heavy atom. The van der Waals surface area contributed by atoms with Crippen molar-refractivity contribution < 1.29 is 14.3 Å². The number of halogens is 1. The minimum absolute atomic E-state index is 0.0855. The number of carbonyl (C=O) groups excluding carboxylic acids is 2. The van der Waals surface area contributed by atoms with Crippen molar-refractivity contribution >= 4 is 29.1 Å². The first-order valence-corrected chi connectivity index (χ1v) is 8.69. The van der Waals surface area contributed by atoms with Gasteiger partial charge in [0, 0.05) is 33.0 Å². The van der Waals surface area contributed by atoms with E-state index in [0.717, 1.165) is 30.6 Å². The second kappa shape index (κ2) is 8.49. The molecule has 2 amide bonds. The first-order chi connectivity index (χ1) is 11.4. The molecule has 1 N–H and O–H groups in total. The van der Waals surface area contributed by atoms with Gasteiger partial charge >= 0.3 is 0 Å². The lowest BCUT2D eigenvalue weighted by Gasteiger charge is -2.24. The first kappa shape index (κ1) is 18.7. The highest BCUT2D eigenvalue weighted by molar-refractivity contribution is 6.34. The summed E-state index contributed by atoms with van der Waals surface area (Å²) in [4.78, 5) is 25.6. The van der Waals surface area contributed by atoms with Crippen molar-refractivity contribution in [1.82, 2.24) is 5.32 Å². The number of nitrogens with zero attached hydrogens (tertiary/aromatic N) is 1. The molecule has 1 fully saturated rings. The Balaban J connectivity index is 1.96. The number of hydrogen-bond acceptors (Lipinski definition) is 3. The smallest absolute Gasteiger partial charge is 0.223 e. The largest absolute Gasteiger partial charge is 0.376 e. The zero-order valence-corrected chi connectivity index (χ0v) is 15.3. The molecule has 6 heteroatoms. The van der Waals surface area contributed by atoms with Crippen molar-refractivity contribution in [2.24, 2.45) is 0 Å². The molecule has 1 saturated heterocycles. The van der Waals surface area contributed by atoms with Crippen LogP contribution in [0.5, 0.6) is 0 Å². The molecule has 0 spiro atoms. The van der Waals surface area contributed by atoms with Crippen molar-refractivity contribution in [2.45, 2.75) is 46.1 Å². The molecule has 1 heterocycles. The lowest BCUT2D eigenvalue weighted by Crippen LogP contribution is -2.36. The summed E-state index contributed by atoms with van der Waals surface area (Å²) in [6, 6.07) is 3.81. The summed E-state index contributed by atoms with van der Waals surface area (Å²) < 4.78 is 5.48. The second-order valence-corrected chi connectivity index (χ2v) is 6.68. The van der Waals surface area contributed by atoms with Crippen molar-refractivity contribution in [3.63, 3.8) is 0 Å². The van der Waals surface area contributed by atoms with E-state index in [4.69, 9.17) is 16.3 Å². The van der Waals surface area contributed by atoms with E-state index >= 15 is 0 Å². The van der Waals surface area contributed by atoms with Gasteiger partial charge in [0.2, 0.25) is 11.8 Å². The van der Waals surface area contributed by atoms with Crippen LogP contribution in [0.4, 0.5) is 5.69 Å². The molecule has 1 atom stereocenters. The van der Waals surface area contributed by atoms with E-state index in [1.54, 1.807) is 4.90 Å². The van der Waals surface area contributed by atoms with Gasteiger partial charge in [-0.05, 0) is 43.9 Å². The van der Waals surface area contributed by atoms with Gasteiger partial charge in [0.1, 0.15) is 0 Å². The molecule has 0 aromatic heterocycles. The quantitative estimate of drug-likeness (QED) is 0.856. The molecule has 2 rings (SSSR count). The van der Waals surface area contributed by atoms with E-state index in [1.807, 2.05) is 26.0 Å². The van der Waals surface area contributed by atoms with Gasteiger partial charge in [-0.1, -0.05) is 17.7 Å². The summed E-state index contributed by atoms with van der Waals surface area (Å²) in [5, 5.41) is 3.40. The fourth-order valence-corrected chi connectivity index (χ4v) is 3.43. The Bertz CT molecular complexity index is 589. The molecule has 0 saturated carbocycles. The highest BCUT2D eigenvalue weighted by Gasteiger charge is 2.20. The third kappa shape index (κ3) is 4.95. The molecule has 1 aromatic carbocycles. The van der Waals surface area contributed by atoms with Crippen LogP contribution in [0.1, 0.15) is 37.3 Å². The number of amides is 2. The molecular weight excluding hydrogens is 328 g/mol. The maximum Gasteiger partial charge on any atom is 0.223 e. The van der Waals surface area contributed by atoms with Gasteiger partial charge in [-0.3, -0.25) is 9.59 Å². The summed E-state index contributed by atoms with van der Waals surface area (Å²) in [7, 11) is 0. The molecule has 1 aliphatic heterocycles. The number of benzene rings is 1. The predicted molar refractivity (Wildman–Crippen MR) is 95.6 cm³/mol. The summed E-state index contributed by atoms with van der Waals surface area (Å²) in [6.07, 6.45) is 2.38. The van der Waals surface area contributed by atoms with Crippen molar-refractivity contribution in [1.29, 1.82) is 0 Å². The Kier molecular flexibility index (Phi) is 6.63. The van der Waals surface area contributed by atoms with E-state index < -0.39 is 0 Å². The lowest BCUT2D eigenvalue weighted by molar-refractivity contribution is -0.121. The lowest BCUT2D eigenvalue weighted by atomic mass is 10.1. The standard InChI is InChI=1S/C18H25ClN2O3/c1-12-9-13(2)18(16(19)10-12)21(14(3)22)7-6-17(23)20-11-15-5-4-8-24-15/h9-10,15H,4-8,11H2,1-3H3,(H,20,23). The van der Waals surface area contributed by atoms with Crippen LogP contribution < -0.4 is 10.2 Å². The first-order valence-electron chi connectivity index (χ1n) is 8.31. The minimum Gasteiger partial charge on any atom is -0.376 e. The molecule has 0 radical (unpaired) electrons. The highest BCUT2D eigenvalue weighted by Crippen LogP contribution is 2.31. The van der Waals surface area contributed by atoms with E-state index in [0.29, 0.717) is 23.8 Å². The molecule has 1 aliphatic rings. The zero-order valence-electron chi connectivity index (χ0n) is 14.5. The van der Waals surface area contributed by atoms with Crippen LogP contribution in [-0.2, 0) is 14.3 Å². The third-order valence-corrected chi connectivity index (χ3v) is 4.45. The fraction of sp³-hybridized carbons (Fsp3) is 0.556. The van der Waals surface area contributed by atoms with Gasteiger partial charge in [-0.15, -0.1) is 0 Å². The molecule has 1 aromatic rings. The van der Waals surface area contributed by atoms with Crippen molar-refractivity contribution in [2.75, 3.05) is 24.6 Å². The summed E-state index contributed by atoms with van der Waals surface area (Å²) >= 11 is 6.33. The monoisotopic (exact) mass is 352 g/mol. The normalized spacial score (nSPS) is 16.9. The maximum absolute atomic E-state index is 12.0. The molecular formula is C18H25ClN2O3. The number of rotatable bonds is 6. The van der Waals surface area contributed by atoms with Gasteiger partial charge in [0.25, 0.3) is 0 Å². The molecule has 5 nitrogen and oxygen atoms in total. The van der Waals surface area contributed by atoms with E-state index in [1.165, 1.54) is 6.92 Å². The maximum atomic E-state index is 12.0. The molecule has 0 aliphatic carbocycles. The second-order valence-electron chi connectivity index (χ2n) is 6.27.